The molecule has 1 aromatic heterocycles. The van der Waals surface area contributed by atoms with Crippen LogP contribution in [0.25, 0.3) is 11.3 Å². The van der Waals surface area contributed by atoms with Crippen molar-refractivity contribution in [3.63, 3.8) is 0 Å². The van der Waals surface area contributed by atoms with E-state index in [-0.39, 0.29) is 0 Å². The topological polar surface area (TPSA) is 49.8 Å². The van der Waals surface area contributed by atoms with Crippen LogP contribution in [0.5, 0.6) is 0 Å². The molecule has 0 amide bonds. The van der Waals surface area contributed by atoms with Crippen LogP contribution in [0.3, 0.4) is 0 Å². The van der Waals surface area contributed by atoms with Crippen LogP contribution in [-0.4, -0.2) is 16.0 Å². The first-order valence-corrected chi connectivity index (χ1v) is 10.6. The monoisotopic (exact) mass is 436 g/mol. The smallest absolute Gasteiger partial charge is 0.225 e. The molecule has 0 unspecified atom stereocenters. The second kappa shape index (κ2) is 8.31. The van der Waals surface area contributed by atoms with Crippen molar-refractivity contribution in [3.8, 4) is 11.3 Å². The molecule has 1 fully saturated rings. The van der Waals surface area contributed by atoms with E-state index in [1.54, 1.807) is 0 Å². The van der Waals surface area contributed by atoms with Crippen LogP contribution in [-0.2, 0) is 0 Å². The average Bonchev–Trinajstić information content (AvgIpc) is 3.18. The van der Waals surface area contributed by atoms with E-state index in [0.717, 1.165) is 27.2 Å². The molecular formula is C23H25BrN4. The van der Waals surface area contributed by atoms with Gasteiger partial charge in [0.2, 0.25) is 5.95 Å². The molecule has 1 aliphatic carbocycles. The van der Waals surface area contributed by atoms with Gasteiger partial charge in [0.1, 0.15) is 5.82 Å². The summed E-state index contributed by atoms with van der Waals surface area (Å²) in [7, 11) is 0. The summed E-state index contributed by atoms with van der Waals surface area (Å²) in [5.41, 5.74) is 5.46. The Morgan fingerprint density at radius 1 is 0.929 bits per heavy atom. The largest absolute Gasteiger partial charge is 0.351 e. The molecule has 144 valence electrons. The summed E-state index contributed by atoms with van der Waals surface area (Å²) in [6.45, 7) is 4.22. The van der Waals surface area contributed by atoms with Gasteiger partial charge in [-0.2, -0.15) is 4.98 Å². The number of rotatable bonds is 5. The summed E-state index contributed by atoms with van der Waals surface area (Å²) >= 11 is 3.57. The van der Waals surface area contributed by atoms with Gasteiger partial charge in [-0.25, -0.2) is 4.98 Å². The molecule has 1 heterocycles. The number of anilines is 3. The van der Waals surface area contributed by atoms with Crippen LogP contribution in [0, 0.1) is 13.8 Å². The Bertz CT molecular complexity index is 943. The lowest BCUT2D eigenvalue weighted by Gasteiger charge is -2.17. The number of hydrogen-bond acceptors (Lipinski definition) is 4. The number of hydrogen-bond donors (Lipinski definition) is 2. The lowest BCUT2D eigenvalue weighted by molar-refractivity contribution is 0.744. The fourth-order valence-electron chi connectivity index (χ4n) is 3.82. The second-order valence-corrected chi connectivity index (χ2v) is 8.41. The number of halogens is 1. The second-order valence-electron chi connectivity index (χ2n) is 7.49. The standard InChI is InChI=1S/C23H25BrN4/c1-15-12-18(24)13-16(2)22(15)27-21-14-20(17-8-4-3-5-9-17)26-23(28-21)25-19-10-6-7-11-19/h3-5,8-9,12-14,19H,6-7,10-11H2,1-2H3,(H2,25,26,27,28). The van der Waals surface area contributed by atoms with Gasteiger partial charge in [0.15, 0.2) is 0 Å². The van der Waals surface area contributed by atoms with Gasteiger partial charge in [0, 0.05) is 27.8 Å². The van der Waals surface area contributed by atoms with Crippen LogP contribution in [0.2, 0.25) is 0 Å². The average molecular weight is 437 g/mol. The van der Waals surface area contributed by atoms with Crippen molar-refractivity contribution in [2.24, 2.45) is 0 Å². The third-order valence-electron chi connectivity index (χ3n) is 5.23. The van der Waals surface area contributed by atoms with E-state index in [0.29, 0.717) is 12.0 Å². The molecule has 0 saturated heterocycles. The van der Waals surface area contributed by atoms with Gasteiger partial charge in [-0.15, -0.1) is 0 Å². The molecule has 0 bridgehead atoms. The summed E-state index contributed by atoms with van der Waals surface area (Å²) in [4.78, 5) is 9.58. The molecular weight excluding hydrogens is 412 g/mol. The van der Waals surface area contributed by atoms with Gasteiger partial charge in [-0.1, -0.05) is 59.1 Å². The van der Waals surface area contributed by atoms with Crippen molar-refractivity contribution in [3.05, 3.63) is 64.1 Å². The summed E-state index contributed by atoms with van der Waals surface area (Å²) in [5.74, 6) is 1.51. The minimum Gasteiger partial charge on any atom is -0.351 e. The zero-order valence-electron chi connectivity index (χ0n) is 16.3. The molecule has 0 spiro atoms. The molecule has 4 nitrogen and oxygen atoms in total. The van der Waals surface area contributed by atoms with Gasteiger partial charge in [0.25, 0.3) is 0 Å². The zero-order valence-corrected chi connectivity index (χ0v) is 17.9. The zero-order chi connectivity index (χ0) is 19.5. The van der Waals surface area contributed by atoms with Crippen molar-refractivity contribution in [1.82, 2.24) is 9.97 Å². The van der Waals surface area contributed by atoms with Crippen LogP contribution in [0.15, 0.2) is 53.0 Å². The first-order chi connectivity index (χ1) is 13.6. The van der Waals surface area contributed by atoms with Crippen molar-refractivity contribution < 1.29 is 0 Å². The maximum absolute atomic E-state index is 4.80. The molecule has 0 atom stereocenters. The molecule has 3 aromatic rings. The molecule has 1 aliphatic rings. The van der Waals surface area contributed by atoms with E-state index in [9.17, 15) is 0 Å². The van der Waals surface area contributed by atoms with Gasteiger partial charge in [0.05, 0.1) is 5.69 Å². The number of nitrogens with zero attached hydrogens (tertiary/aromatic N) is 2. The highest BCUT2D eigenvalue weighted by molar-refractivity contribution is 9.10. The highest BCUT2D eigenvalue weighted by atomic mass is 79.9. The lowest BCUT2D eigenvalue weighted by atomic mass is 10.1. The van der Waals surface area contributed by atoms with E-state index in [2.05, 4.69) is 64.7 Å². The quantitative estimate of drug-likeness (QED) is 0.471. The Kier molecular flexibility index (Phi) is 5.62. The molecule has 28 heavy (non-hydrogen) atoms. The maximum atomic E-state index is 4.80. The summed E-state index contributed by atoms with van der Waals surface area (Å²) in [5, 5.41) is 7.08. The lowest BCUT2D eigenvalue weighted by Crippen LogP contribution is -2.17. The number of nitrogens with one attached hydrogen (secondary N) is 2. The molecule has 0 radical (unpaired) electrons. The van der Waals surface area contributed by atoms with Crippen molar-refractivity contribution in [2.75, 3.05) is 10.6 Å². The van der Waals surface area contributed by atoms with Gasteiger partial charge < -0.3 is 10.6 Å². The Labute approximate surface area is 175 Å². The normalized spacial score (nSPS) is 14.2. The Balaban J connectivity index is 1.71. The van der Waals surface area contributed by atoms with Gasteiger partial charge in [-0.3, -0.25) is 0 Å². The summed E-state index contributed by atoms with van der Waals surface area (Å²) in [6.07, 6.45) is 4.93. The van der Waals surface area contributed by atoms with Gasteiger partial charge in [-0.05, 0) is 49.9 Å². The van der Waals surface area contributed by atoms with Gasteiger partial charge >= 0.3 is 0 Å². The Morgan fingerprint density at radius 2 is 1.61 bits per heavy atom. The SMILES string of the molecule is Cc1cc(Br)cc(C)c1Nc1cc(-c2ccccc2)nc(NC2CCCC2)n1. The van der Waals surface area contributed by atoms with E-state index in [1.807, 2.05) is 24.3 Å². The number of benzene rings is 2. The van der Waals surface area contributed by atoms with E-state index in [1.165, 1.54) is 36.8 Å². The Morgan fingerprint density at radius 3 is 2.29 bits per heavy atom. The third kappa shape index (κ3) is 4.36. The summed E-state index contributed by atoms with van der Waals surface area (Å²) in [6, 6.07) is 17.0. The fourth-order valence-corrected chi connectivity index (χ4v) is 4.51. The predicted octanol–water partition coefficient (Wildman–Crippen LogP) is 6.62. The first-order valence-electron chi connectivity index (χ1n) is 9.83. The minimum absolute atomic E-state index is 0.468. The van der Waals surface area contributed by atoms with Crippen LogP contribution in [0.1, 0.15) is 36.8 Å². The minimum atomic E-state index is 0.468. The molecule has 1 saturated carbocycles. The Hall–Kier alpha value is -2.40. The van der Waals surface area contributed by atoms with Crippen molar-refractivity contribution in [1.29, 1.82) is 0 Å². The van der Waals surface area contributed by atoms with Crippen LogP contribution >= 0.6 is 15.9 Å². The number of aryl methyl sites for hydroxylation is 2. The van der Waals surface area contributed by atoms with Crippen LogP contribution in [0.4, 0.5) is 17.5 Å². The highest BCUT2D eigenvalue weighted by Gasteiger charge is 2.17. The first kappa shape index (κ1) is 18.9. The molecule has 2 aromatic carbocycles. The molecule has 0 aliphatic heterocycles. The maximum Gasteiger partial charge on any atom is 0.225 e. The van der Waals surface area contributed by atoms with Crippen molar-refractivity contribution >= 4 is 33.4 Å². The third-order valence-corrected chi connectivity index (χ3v) is 5.69. The summed E-state index contributed by atoms with van der Waals surface area (Å²) < 4.78 is 1.09. The fraction of sp³-hybridized carbons (Fsp3) is 0.304. The van der Waals surface area contributed by atoms with E-state index in [4.69, 9.17) is 9.97 Å². The van der Waals surface area contributed by atoms with E-state index >= 15 is 0 Å². The number of aromatic nitrogens is 2. The van der Waals surface area contributed by atoms with Crippen molar-refractivity contribution in [2.45, 2.75) is 45.6 Å². The highest BCUT2D eigenvalue weighted by Crippen LogP contribution is 2.30. The molecule has 2 N–H and O–H groups in total. The van der Waals surface area contributed by atoms with Crippen LogP contribution < -0.4 is 10.6 Å². The predicted molar refractivity (Wildman–Crippen MR) is 120 cm³/mol. The van der Waals surface area contributed by atoms with E-state index < -0.39 is 0 Å². The molecule has 4 rings (SSSR count). The molecule has 5 heteroatoms.